The summed E-state index contributed by atoms with van der Waals surface area (Å²) in [4.78, 5) is 0.0781. The molecule has 7 heteroatoms. The van der Waals surface area contributed by atoms with Crippen LogP contribution >= 0.6 is 0 Å². The van der Waals surface area contributed by atoms with Crippen molar-refractivity contribution in [3.8, 4) is 0 Å². The van der Waals surface area contributed by atoms with Crippen LogP contribution in [0.15, 0.2) is 29.2 Å². The van der Waals surface area contributed by atoms with Crippen molar-refractivity contribution < 1.29 is 22.5 Å². The predicted molar refractivity (Wildman–Crippen MR) is 71.9 cm³/mol. The number of hydrogen-bond acceptors (Lipinski definition) is 3. The Hall–Kier alpha value is -0.920. The first-order chi connectivity index (χ1) is 9.34. The first kappa shape index (κ1) is 17.1. The summed E-state index contributed by atoms with van der Waals surface area (Å²) in [7, 11) is -1.65. The summed E-state index contributed by atoms with van der Waals surface area (Å²) in [5.41, 5.74) is -0.832. The molecule has 2 unspecified atom stereocenters. The monoisotopic (exact) mass is 309 g/mol. The third-order valence-electron chi connectivity index (χ3n) is 2.57. The van der Waals surface area contributed by atoms with E-state index in [0.29, 0.717) is 0 Å². The summed E-state index contributed by atoms with van der Waals surface area (Å²) in [6, 6.07) is 4.39. The highest BCUT2D eigenvalue weighted by Crippen LogP contribution is 2.30. The molecule has 3 nitrogen and oxygen atoms in total. The average molecular weight is 309 g/mol. The molecule has 20 heavy (non-hydrogen) atoms. The molecule has 114 valence electrons. The molecule has 0 aliphatic carbocycles. The molecule has 1 aromatic carbocycles. The van der Waals surface area contributed by atoms with Crippen LogP contribution in [0.4, 0.5) is 13.2 Å². The molecule has 0 aliphatic heterocycles. The molecule has 1 rings (SSSR count). The Kier molecular flexibility index (Phi) is 6.64. The lowest BCUT2D eigenvalue weighted by atomic mass is 10.2. The summed E-state index contributed by atoms with van der Waals surface area (Å²) < 4.78 is 49.5. The molecule has 0 aliphatic rings. The molecule has 2 N–H and O–H groups in total. The Balaban J connectivity index is 2.64. The Morgan fingerprint density at radius 1 is 1.40 bits per heavy atom. The van der Waals surface area contributed by atoms with E-state index in [-0.39, 0.29) is 17.2 Å². The van der Waals surface area contributed by atoms with Gasteiger partial charge in [0.05, 0.1) is 28.2 Å². The average Bonchev–Trinajstić information content (AvgIpc) is 2.38. The molecular weight excluding hydrogens is 291 g/mol. The zero-order valence-corrected chi connectivity index (χ0v) is 11.9. The molecule has 0 radical (unpaired) electrons. The van der Waals surface area contributed by atoms with E-state index in [0.717, 1.165) is 25.1 Å². The van der Waals surface area contributed by atoms with E-state index < -0.39 is 28.6 Å². The van der Waals surface area contributed by atoms with Crippen LogP contribution in [0.1, 0.15) is 18.9 Å². The van der Waals surface area contributed by atoms with E-state index in [2.05, 4.69) is 5.32 Å². The van der Waals surface area contributed by atoms with Gasteiger partial charge in [-0.05, 0) is 31.2 Å². The van der Waals surface area contributed by atoms with Crippen LogP contribution in [0, 0.1) is 0 Å². The number of benzene rings is 1. The van der Waals surface area contributed by atoms with Crippen molar-refractivity contribution in [3.05, 3.63) is 29.8 Å². The molecule has 1 aromatic rings. The van der Waals surface area contributed by atoms with Gasteiger partial charge in [0.25, 0.3) is 0 Å². The number of aliphatic hydroxyl groups is 1. The maximum absolute atomic E-state index is 12.5. The van der Waals surface area contributed by atoms with Gasteiger partial charge >= 0.3 is 6.18 Å². The van der Waals surface area contributed by atoms with Gasteiger partial charge in [-0.25, -0.2) is 0 Å². The van der Waals surface area contributed by atoms with Gasteiger partial charge in [0, 0.05) is 11.4 Å². The van der Waals surface area contributed by atoms with Crippen molar-refractivity contribution in [1.29, 1.82) is 0 Å². The van der Waals surface area contributed by atoms with E-state index >= 15 is 0 Å². The van der Waals surface area contributed by atoms with Crippen LogP contribution in [-0.2, 0) is 17.0 Å². The zero-order chi connectivity index (χ0) is 15.2. The summed E-state index contributed by atoms with van der Waals surface area (Å²) in [6.07, 6.45) is -4.40. The van der Waals surface area contributed by atoms with Crippen LogP contribution in [0.25, 0.3) is 0 Å². The Bertz CT molecular complexity index is 451. The van der Waals surface area contributed by atoms with Gasteiger partial charge in [-0.15, -0.1) is 0 Å². The van der Waals surface area contributed by atoms with Gasteiger partial charge in [-0.3, -0.25) is 4.21 Å². The second-order valence-corrected chi connectivity index (χ2v) is 5.89. The first-order valence-corrected chi connectivity index (χ1v) is 7.61. The zero-order valence-electron chi connectivity index (χ0n) is 11.1. The van der Waals surface area contributed by atoms with Crippen LogP contribution in [0.5, 0.6) is 0 Å². The molecule has 0 spiro atoms. The second-order valence-electron chi connectivity index (χ2n) is 4.40. The van der Waals surface area contributed by atoms with Gasteiger partial charge in [0.2, 0.25) is 0 Å². The molecule has 0 bridgehead atoms. The van der Waals surface area contributed by atoms with Crippen molar-refractivity contribution in [2.24, 2.45) is 0 Å². The number of nitrogens with one attached hydrogen (secondary N) is 1. The lowest BCUT2D eigenvalue weighted by Gasteiger charge is -2.12. The number of rotatable bonds is 7. The maximum Gasteiger partial charge on any atom is 0.416 e. The summed E-state index contributed by atoms with van der Waals surface area (Å²) in [5.74, 6) is -0.0853. The lowest BCUT2D eigenvalue weighted by Crippen LogP contribution is -2.31. The van der Waals surface area contributed by atoms with Gasteiger partial charge in [-0.1, -0.05) is 13.0 Å². The SMILES string of the molecule is CCCNCC(O)CS(=O)c1cccc(C(F)(F)F)c1. The van der Waals surface area contributed by atoms with Crippen LogP contribution in [-0.4, -0.2) is 34.3 Å². The minimum absolute atomic E-state index is 0.0781. The van der Waals surface area contributed by atoms with Crippen LogP contribution in [0.3, 0.4) is 0 Å². The minimum atomic E-state index is -4.46. The highest BCUT2D eigenvalue weighted by atomic mass is 32.2. The van der Waals surface area contributed by atoms with Gasteiger partial charge in [0.15, 0.2) is 0 Å². The third kappa shape index (κ3) is 5.60. The van der Waals surface area contributed by atoms with Crippen LogP contribution in [0.2, 0.25) is 0 Å². The quantitative estimate of drug-likeness (QED) is 0.759. The van der Waals surface area contributed by atoms with E-state index in [1.54, 1.807) is 0 Å². The molecule has 0 amide bonds. The second kappa shape index (κ2) is 7.75. The molecule has 0 aromatic heterocycles. The maximum atomic E-state index is 12.5. The Morgan fingerprint density at radius 3 is 2.70 bits per heavy atom. The largest absolute Gasteiger partial charge is 0.416 e. The summed E-state index contributed by atoms with van der Waals surface area (Å²) in [6.45, 7) is 2.98. The van der Waals surface area contributed by atoms with Crippen molar-refractivity contribution in [2.75, 3.05) is 18.8 Å². The van der Waals surface area contributed by atoms with Gasteiger partial charge in [-0.2, -0.15) is 13.2 Å². The van der Waals surface area contributed by atoms with Gasteiger partial charge in [0.1, 0.15) is 0 Å². The summed E-state index contributed by atoms with van der Waals surface area (Å²) >= 11 is 0. The van der Waals surface area contributed by atoms with E-state index in [4.69, 9.17) is 0 Å². The van der Waals surface area contributed by atoms with Crippen LogP contribution < -0.4 is 5.32 Å². The normalized spacial score (nSPS) is 15.1. The topological polar surface area (TPSA) is 49.3 Å². The lowest BCUT2D eigenvalue weighted by molar-refractivity contribution is -0.137. The molecular formula is C13H18F3NO2S. The fourth-order valence-corrected chi connectivity index (χ4v) is 2.74. The fourth-order valence-electron chi connectivity index (χ4n) is 1.59. The molecule has 0 fully saturated rings. The highest BCUT2D eigenvalue weighted by molar-refractivity contribution is 7.85. The molecule has 2 atom stereocenters. The minimum Gasteiger partial charge on any atom is -0.391 e. The number of alkyl halides is 3. The standard InChI is InChI=1S/C13H18F3NO2S/c1-2-6-17-8-11(18)9-20(19)12-5-3-4-10(7-12)13(14,15)16/h3-5,7,11,17-18H,2,6,8-9H2,1H3. The summed E-state index contributed by atoms with van der Waals surface area (Å²) in [5, 5.41) is 12.6. The smallest absolute Gasteiger partial charge is 0.391 e. The van der Waals surface area contributed by atoms with Crippen molar-refractivity contribution in [1.82, 2.24) is 5.32 Å². The molecule has 0 heterocycles. The van der Waals surface area contributed by atoms with E-state index in [1.807, 2.05) is 6.92 Å². The van der Waals surface area contributed by atoms with Crippen molar-refractivity contribution in [3.63, 3.8) is 0 Å². The highest BCUT2D eigenvalue weighted by Gasteiger charge is 2.30. The predicted octanol–water partition coefficient (Wildman–Crippen LogP) is 2.17. The fraction of sp³-hybridized carbons (Fsp3) is 0.538. The van der Waals surface area contributed by atoms with E-state index in [9.17, 15) is 22.5 Å². The first-order valence-electron chi connectivity index (χ1n) is 6.29. The molecule has 0 saturated carbocycles. The van der Waals surface area contributed by atoms with Crippen molar-refractivity contribution >= 4 is 10.8 Å². The number of hydrogen-bond donors (Lipinski definition) is 2. The van der Waals surface area contributed by atoms with Crippen molar-refractivity contribution in [2.45, 2.75) is 30.5 Å². The Labute approximate surface area is 118 Å². The molecule has 0 saturated heterocycles. The Morgan fingerprint density at radius 2 is 2.10 bits per heavy atom. The van der Waals surface area contributed by atoms with Gasteiger partial charge < -0.3 is 10.4 Å². The third-order valence-corrected chi connectivity index (χ3v) is 4.04. The number of halogens is 3. The number of aliphatic hydroxyl groups excluding tert-OH is 1. The van der Waals surface area contributed by atoms with E-state index in [1.165, 1.54) is 12.1 Å².